The van der Waals surface area contributed by atoms with Crippen LogP contribution in [0.1, 0.15) is 43.0 Å². The number of carbonyl (C=O) groups is 1. The first kappa shape index (κ1) is 14.0. The summed E-state index contributed by atoms with van der Waals surface area (Å²) in [4.78, 5) is 11.7. The third-order valence-corrected chi connectivity index (χ3v) is 3.20. The third kappa shape index (κ3) is 4.38. The lowest BCUT2D eigenvalue weighted by molar-refractivity contribution is 0.0499. The van der Waals surface area contributed by atoms with Crippen LogP contribution in [-0.2, 0) is 4.74 Å². The largest absolute Gasteiger partial charge is 0.462 e. The summed E-state index contributed by atoms with van der Waals surface area (Å²) in [7, 11) is 0. The third-order valence-electron chi connectivity index (χ3n) is 2.50. The summed E-state index contributed by atoms with van der Waals surface area (Å²) < 4.78 is 5.89. The molecule has 0 amide bonds. The maximum Gasteiger partial charge on any atom is 0.340 e. The van der Waals surface area contributed by atoms with E-state index < -0.39 is 0 Å². The van der Waals surface area contributed by atoms with Crippen molar-refractivity contribution in [2.75, 3.05) is 12.3 Å². The van der Waals surface area contributed by atoms with Gasteiger partial charge in [-0.15, -0.1) is 0 Å². The molecule has 0 fully saturated rings. The number of para-hydroxylation sites is 1. The Labute approximate surface area is 110 Å². The van der Waals surface area contributed by atoms with Crippen LogP contribution in [0.4, 0.5) is 5.69 Å². The molecule has 0 bridgehead atoms. The molecule has 3 nitrogen and oxygen atoms in total. The molecule has 17 heavy (non-hydrogen) atoms. The summed E-state index contributed by atoms with van der Waals surface area (Å²) in [6, 6.07) is 5.25. The number of carbonyl (C=O) groups excluding carboxylic acids is 1. The van der Waals surface area contributed by atoms with Gasteiger partial charge in [0.05, 0.1) is 17.9 Å². The van der Waals surface area contributed by atoms with Gasteiger partial charge in [0.15, 0.2) is 0 Å². The number of esters is 1. The van der Waals surface area contributed by atoms with Gasteiger partial charge in [-0.05, 0) is 34.5 Å². The van der Waals surface area contributed by atoms with Gasteiger partial charge in [-0.3, -0.25) is 0 Å². The average Bonchev–Trinajstić information content (AvgIpc) is 2.32. The van der Waals surface area contributed by atoms with Crippen LogP contribution >= 0.6 is 15.9 Å². The zero-order valence-corrected chi connectivity index (χ0v) is 11.6. The monoisotopic (exact) mass is 299 g/mol. The number of nitrogen functional groups attached to an aromatic ring is 1. The number of hydrogen-bond donors (Lipinski definition) is 1. The Morgan fingerprint density at radius 3 is 2.82 bits per heavy atom. The number of rotatable bonds is 6. The lowest BCUT2D eigenvalue weighted by Crippen LogP contribution is -2.09. The van der Waals surface area contributed by atoms with Gasteiger partial charge >= 0.3 is 5.97 Å². The van der Waals surface area contributed by atoms with Gasteiger partial charge in [0.1, 0.15) is 0 Å². The van der Waals surface area contributed by atoms with Crippen molar-refractivity contribution < 1.29 is 9.53 Å². The van der Waals surface area contributed by atoms with Gasteiger partial charge in [-0.1, -0.05) is 32.3 Å². The van der Waals surface area contributed by atoms with Gasteiger partial charge in [0.25, 0.3) is 0 Å². The van der Waals surface area contributed by atoms with Crippen LogP contribution in [-0.4, -0.2) is 12.6 Å². The van der Waals surface area contributed by atoms with E-state index in [0.29, 0.717) is 17.9 Å². The zero-order chi connectivity index (χ0) is 12.7. The van der Waals surface area contributed by atoms with Crippen molar-refractivity contribution in [2.45, 2.75) is 32.6 Å². The number of nitrogens with two attached hydrogens (primary N) is 1. The van der Waals surface area contributed by atoms with E-state index in [2.05, 4.69) is 22.9 Å². The molecule has 0 radical (unpaired) electrons. The summed E-state index contributed by atoms with van der Waals surface area (Å²) in [5.74, 6) is -0.347. The molecule has 2 N–H and O–H groups in total. The van der Waals surface area contributed by atoms with Crippen LogP contribution in [0.25, 0.3) is 0 Å². The number of unbranched alkanes of at least 4 members (excludes halogenated alkanes) is 3. The Kier molecular flexibility index (Phi) is 6.05. The van der Waals surface area contributed by atoms with Crippen LogP contribution in [0.5, 0.6) is 0 Å². The normalized spacial score (nSPS) is 10.2. The first-order chi connectivity index (χ1) is 8.16. The highest BCUT2D eigenvalue weighted by atomic mass is 79.9. The SMILES string of the molecule is CCCCCCOC(=O)c1cccc(Br)c1N. The maximum absolute atomic E-state index is 11.7. The van der Waals surface area contributed by atoms with Gasteiger partial charge in [0, 0.05) is 4.47 Å². The Morgan fingerprint density at radius 2 is 2.12 bits per heavy atom. The van der Waals surface area contributed by atoms with E-state index in [4.69, 9.17) is 10.5 Å². The van der Waals surface area contributed by atoms with Crippen molar-refractivity contribution in [3.05, 3.63) is 28.2 Å². The summed E-state index contributed by atoms with van der Waals surface area (Å²) in [6.45, 7) is 2.61. The van der Waals surface area contributed by atoms with Crippen molar-refractivity contribution in [2.24, 2.45) is 0 Å². The van der Waals surface area contributed by atoms with Crippen LogP contribution in [0, 0.1) is 0 Å². The molecule has 0 aliphatic rings. The Bertz CT molecular complexity index is 380. The number of anilines is 1. The molecule has 0 aliphatic carbocycles. The van der Waals surface area contributed by atoms with E-state index in [-0.39, 0.29) is 5.97 Å². The molecule has 1 aromatic rings. The smallest absolute Gasteiger partial charge is 0.340 e. The molecular formula is C13H18BrNO2. The highest BCUT2D eigenvalue weighted by Crippen LogP contribution is 2.23. The minimum Gasteiger partial charge on any atom is -0.462 e. The highest BCUT2D eigenvalue weighted by Gasteiger charge is 2.12. The quantitative estimate of drug-likeness (QED) is 0.494. The molecule has 1 aromatic carbocycles. The predicted octanol–water partition coefficient (Wildman–Crippen LogP) is 3.77. The molecule has 0 saturated carbocycles. The number of ether oxygens (including phenoxy) is 1. The number of hydrogen-bond acceptors (Lipinski definition) is 3. The topological polar surface area (TPSA) is 52.3 Å². The van der Waals surface area contributed by atoms with Gasteiger partial charge in [0.2, 0.25) is 0 Å². The van der Waals surface area contributed by atoms with Crippen molar-refractivity contribution in [1.29, 1.82) is 0 Å². The first-order valence-corrected chi connectivity index (χ1v) is 6.67. The molecular weight excluding hydrogens is 282 g/mol. The molecule has 0 heterocycles. The zero-order valence-electron chi connectivity index (χ0n) is 10.0. The van der Waals surface area contributed by atoms with Crippen molar-refractivity contribution in [3.8, 4) is 0 Å². The second kappa shape index (κ2) is 7.33. The van der Waals surface area contributed by atoms with Crippen molar-refractivity contribution in [1.82, 2.24) is 0 Å². The van der Waals surface area contributed by atoms with Gasteiger partial charge in [-0.2, -0.15) is 0 Å². The fourth-order valence-corrected chi connectivity index (χ4v) is 1.85. The first-order valence-electron chi connectivity index (χ1n) is 5.88. The predicted molar refractivity (Wildman–Crippen MR) is 73.0 cm³/mol. The lowest BCUT2D eigenvalue weighted by Gasteiger charge is -2.07. The fourth-order valence-electron chi connectivity index (χ4n) is 1.49. The summed E-state index contributed by atoms with van der Waals surface area (Å²) in [5.41, 5.74) is 6.65. The Morgan fingerprint density at radius 1 is 1.35 bits per heavy atom. The summed E-state index contributed by atoms with van der Waals surface area (Å²) in [6.07, 6.45) is 4.36. The van der Waals surface area contributed by atoms with E-state index >= 15 is 0 Å². The van der Waals surface area contributed by atoms with Crippen LogP contribution in [0.15, 0.2) is 22.7 Å². The van der Waals surface area contributed by atoms with Crippen molar-refractivity contribution in [3.63, 3.8) is 0 Å². The second-order valence-electron chi connectivity index (χ2n) is 3.90. The molecule has 0 saturated heterocycles. The molecule has 0 unspecified atom stereocenters. The van der Waals surface area contributed by atoms with E-state index in [1.165, 1.54) is 12.8 Å². The fraction of sp³-hybridized carbons (Fsp3) is 0.462. The van der Waals surface area contributed by atoms with Gasteiger partial charge < -0.3 is 10.5 Å². The maximum atomic E-state index is 11.7. The summed E-state index contributed by atoms with van der Waals surface area (Å²) in [5, 5.41) is 0. The number of benzene rings is 1. The number of halogens is 1. The van der Waals surface area contributed by atoms with Crippen molar-refractivity contribution >= 4 is 27.6 Å². The molecule has 0 atom stereocenters. The molecule has 0 aliphatic heterocycles. The molecule has 94 valence electrons. The lowest BCUT2D eigenvalue weighted by atomic mass is 10.2. The van der Waals surface area contributed by atoms with E-state index in [0.717, 1.165) is 17.3 Å². The van der Waals surface area contributed by atoms with E-state index in [1.54, 1.807) is 18.2 Å². The van der Waals surface area contributed by atoms with Crippen LogP contribution in [0.2, 0.25) is 0 Å². The van der Waals surface area contributed by atoms with Crippen LogP contribution < -0.4 is 5.73 Å². The second-order valence-corrected chi connectivity index (χ2v) is 4.75. The molecule has 4 heteroatoms. The Hall–Kier alpha value is -1.03. The van der Waals surface area contributed by atoms with E-state index in [1.807, 2.05) is 0 Å². The molecule has 0 aromatic heterocycles. The standard InChI is InChI=1S/C13H18BrNO2/c1-2-3-4-5-9-17-13(16)10-7-6-8-11(14)12(10)15/h6-8H,2-5,9,15H2,1H3. The molecule has 0 spiro atoms. The van der Waals surface area contributed by atoms with Gasteiger partial charge in [-0.25, -0.2) is 4.79 Å². The summed E-state index contributed by atoms with van der Waals surface area (Å²) >= 11 is 3.28. The minimum absolute atomic E-state index is 0.347. The Balaban J connectivity index is 2.44. The van der Waals surface area contributed by atoms with Crippen LogP contribution in [0.3, 0.4) is 0 Å². The minimum atomic E-state index is -0.347. The highest BCUT2D eigenvalue weighted by molar-refractivity contribution is 9.10. The average molecular weight is 300 g/mol. The molecule has 1 rings (SSSR count). The van der Waals surface area contributed by atoms with E-state index in [9.17, 15) is 4.79 Å².